The first-order chi connectivity index (χ1) is 11.1. The van der Waals surface area contributed by atoms with Crippen LogP contribution in [0.4, 0.5) is 0 Å². The predicted molar refractivity (Wildman–Crippen MR) is 83.1 cm³/mol. The lowest BCUT2D eigenvalue weighted by Crippen LogP contribution is -2.69. The Bertz CT molecular complexity index is 628. The monoisotopic (exact) mass is 317 g/mol. The molecule has 1 aromatic heterocycles. The van der Waals surface area contributed by atoms with Crippen molar-refractivity contribution in [3.05, 3.63) is 54.1 Å². The number of aromatic nitrogens is 2. The fraction of sp³-hybridized carbons (Fsp3) is 0.312. The molecule has 7 heteroatoms. The van der Waals surface area contributed by atoms with E-state index in [1.54, 1.807) is 6.20 Å². The first-order valence-corrected chi connectivity index (χ1v) is 7.32. The number of nitrogens with zero attached hydrogens (tertiary/aromatic N) is 1. The molecule has 0 saturated heterocycles. The summed E-state index contributed by atoms with van der Waals surface area (Å²) < 4.78 is 4.75. The van der Waals surface area contributed by atoms with Crippen LogP contribution < -0.4 is 11.1 Å². The number of imidazole rings is 1. The molecule has 7 nitrogen and oxygen atoms in total. The fourth-order valence-corrected chi connectivity index (χ4v) is 2.23. The van der Waals surface area contributed by atoms with Gasteiger partial charge in [-0.1, -0.05) is 30.3 Å². The number of nitrogens with one attached hydrogen (secondary N) is 2. The van der Waals surface area contributed by atoms with Gasteiger partial charge in [-0.15, -0.1) is 0 Å². The van der Waals surface area contributed by atoms with Crippen molar-refractivity contribution in [2.45, 2.75) is 24.9 Å². The van der Waals surface area contributed by atoms with E-state index in [2.05, 4.69) is 21.0 Å². The number of quaternary nitrogens is 1. The van der Waals surface area contributed by atoms with Crippen LogP contribution in [0.25, 0.3) is 0 Å². The molecular weight excluding hydrogens is 296 g/mol. The highest BCUT2D eigenvalue weighted by Gasteiger charge is 2.26. The summed E-state index contributed by atoms with van der Waals surface area (Å²) in [5.74, 6) is -0.788. The Morgan fingerprint density at radius 3 is 2.65 bits per heavy atom. The van der Waals surface area contributed by atoms with Gasteiger partial charge in [-0.3, -0.25) is 4.79 Å². The Balaban J connectivity index is 1.97. The van der Waals surface area contributed by atoms with Crippen LogP contribution in [0.15, 0.2) is 42.9 Å². The second-order valence-electron chi connectivity index (χ2n) is 5.25. The van der Waals surface area contributed by atoms with Crippen molar-refractivity contribution in [2.75, 3.05) is 7.11 Å². The summed E-state index contributed by atoms with van der Waals surface area (Å²) in [7, 11) is 1.29. The number of rotatable bonds is 7. The highest BCUT2D eigenvalue weighted by Crippen LogP contribution is 2.04. The second-order valence-corrected chi connectivity index (χ2v) is 5.25. The van der Waals surface area contributed by atoms with Crippen molar-refractivity contribution >= 4 is 11.9 Å². The number of carbonyl (C=O) groups is 2. The lowest BCUT2D eigenvalue weighted by molar-refractivity contribution is -0.403. The van der Waals surface area contributed by atoms with Crippen LogP contribution in [-0.2, 0) is 27.2 Å². The molecule has 23 heavy (non-hydrogen) atoms. The Morgan fingerprint density at radius 2 is 2.04 bits per heavy atom. The molecule has 0 fully saturated rings. The van der Waals surface area contributed by atoms with Crippen molar-refractivity contribution in [1.82, 2.24) is 15.3 Å². The number of hydrogen-bond donors (Lipinski definition) is 3. The molecule has 2 aromatic rings. The van der Waals surface area contributed by atoms with E-state index in [0.29, 0.717) is 6.42 Å². The van der Waals surface area contributed by atoms with Crippen molar-refractivity contribution in [2.24, 2.45) is 0 Å². The smallest absolute Gasteiger partial charge is 0.328 e. The SMILES string of the molecule is COC(=O)[C@H](Cc1cnc[nH]1)NC(=O)[C@@H]([NH3+])Cc1ccccc1. The van der Waals surface area contributed by atoms with Gasteiger partial charge in [-0.25, -0.2) is 9.78 Å². The van der Waals surface area contributed by atoms with E-state index in [1.807, 2.05) is 30.3 Å². The van der Waals surface area contributed by atoms with E-state index in [-0.39, 0.29) is 12.3 Å². The summed E-state index contributed by atoms with van der Waals surface area (Å²) in [6.45, 7) is 0. The summed E-state index contributed by atoms with van der Waals surface area (Å²) in [6, 6.07) is 8.35. The van der Waals surface area contributed by atoms with Gasteiger partial charge in [0.15, 0.2) is 6.04 Å². The van der Waals surface area contributed by atoms with Crippen molar-refractivity contribution in [3.8, 4) is 0 Å². The third kappa shape index (κ3) is 4.93. The second kappa shape index (κ2) is 8.09. The molecule has 0 aliphatic carbocycles. The Morgan fingerprint density at radius 1 is 1.30 bits per heavy atom. The van der Waals surface area contributed by atoms with Crippen LogP contribution in [0.1, 0.15) is 11.3 Å². The minimum Gasteiger partial charge on any atom is -0.467 e. The molecule has 0 bridgehead atoms. The summed E-state index contributed by atoms with van der Waals surface area (Å²) in [4.78, 5) is 31.0. The molecule has 1 aromatic carbocycles. The van der Waals surface area contributed by atoms with Gasteiger partial charge in [0.1, 0.15) is 6.04 Å². The lowest BCUT2D eigenvalue weighted by atomic mass is 10.1. The van der Waals surface area contributed by atoms with E-state index in [9.17, 15) is 9.59 Å². The maximum absolute atomic E-state index is 12.3. The molecule has 0 radical (unpaired) electrons. The fourth-order valence-electron chi connectivity index (χ4n) is 2.23. The first kappa shape index (κ1) is 16.7. The third-order valence-electron chi connectivity index (χ3n) is 3.48. The Kier molecular flexibility index (Phi) is 5.87. The lowest BCUT2D eigenvalue weighted by Gasteiger charge is -2.17. The molecule has 0 spiro atoms. The van der Waals surface area contributed by atoms with Gasteiger partial charge in [-0.2, -0.15) is 0 Å². The zero-order chi connectivity index (χ0) is 16.7. The number of ether oxygens (including phenoxy) is 1. The average Bonchev–Trinajstić information content (AvgIpc) is 3.07. The summed E-state index contributed by atoms with van der Waals surface area (Å²) in [5, 5.41) is 2.70. The van der Waals surface area contributed by atoms with Crippen molar-refractivity contribution in [1.29, 1.82) is 0 Å². The molecule has 5 N–H and O–H groups in total. The van der Waals surface area contributed by atoms with E-state index < -0.39 is 18.1 Å². The number of hydrogen-bond acceptors (Lipinski definition) is 4. The van der Waals surface area contributed by atoms with Gasteiger partial charge in [-0.05, 0) is 5.56 Å². The maximum Gasteiger partial charge on any atom is 0.328 e. The molecule has 2 atom stereocenters. The maximum atomic E-state index is 12.3. The number of methoxy groups -OCH3 is 1. The van der Waals surface area contributed by atoms with Crippen LogP contribution in [0.3, 0.4) is 0 Å². The quantitative estimate of drug-likeness (QED) is 0.596. The molecule has 0 unspecified atom stereocenters. The molecule has 0 saturated carbocycles. The van der Waals surface area contributed by atoms with Gasteiger partial charge in [0, 0.05) is 24.7 Å². The normalized spacial score (nSPS) is 13.1. The van der Waals surface area contributed by atoms with Gasteiger partial charge in [0.2, 0.25) is 0 Å². The van der Waals surface area contributed by atoms with Crippen LogP contribution in [0.5, 0.6) is 0 Å². The van der Waals surface area contributed by atoms with Crippen LogP contribution in [0, 0.1) is 0 Å². The third-order valence-corrected chi connectivity index (χ3v) is 3.48. The van der Waals surface area contributed by atoms with Crippen molar-refractivity contribution < 1.29 is 20.1 Å². The number of aromatic amines is 1. The van der Waals surface area contributed by atoms with E-state index in [0.717, 1.165) is 11.3 Å². The molecule has 1 heterocycles. The number of amides is 1. The zero-order valence-electron chi connectivity index (χ0n) is 13.0. The minimum absolute atomic E-state index is 0.288. The number of esters is 1. The van der Waals surface area contributed by atoms with Crippen LogP contribution >= 0.6 is 0 Å². The first-order valence-electron chi connectivity index (χ1n) is 7.32. The molecule has 122 valence electrons. The van der Waals surface area contributed by atoms with Crippen LogP contribution in [-0.4, -0.2) is 41.0 Å². The highest BCUT2D eigenvalue weighted by atomic mass is 16.5. The van der Waals surface area contributed by atoms with Gasteiger partial charge in [0.25, 0.3) is 5.91 Å². The summed E-state index contributed by atoms with van der Waals surface area (Å²) in [5.41, 5.74) is 5.64. The van der Waals surface area contributed by atoms with E-state index in [1.165, 1.54) is 13.4 Å². The summed E-state index contributed by atoms with van der Waals surface area (Å²) in [6.07, 6.45) is 3.92. The molecule has 1 amide bonds. The van der Waals surface area contributed by atoms with Gasteiger partial charge < -0.3 is 20.8 Å². The van der Waals surface area contributed by atoms with Crippen LogP contribution in [0.2, 0.25) is 0 Å². The Hall–Kier alpha value is -2.67. The largest absolute Gasteiger partial charge is 0.467 e. The molecule has 2 rings (SSSR count). The topological polar surface area (TPSA) is 112 Å². The highest BCUT2D eigenvalue weighted by molar-refractivity contribution is 5.86. The molecule has 0 aliphatic heterocycles. The predicted octanol–water partition coefficient (Wildman–Crippen LogP) is -0.537. The standard InChI is InChI=1S/C16H20N4O3/c1-23-16(22)14(8-12-9-18-10-19-12)20-15(21)13(17)7-11-5-3-2-4-6-11/h2-6,9-10,13-14H,7-8,17H2,1H3,(H,18,19)(H,20,21)/p+1/t13-,14-/m0/s1. The number of H-pyrrole nitrogens is 1. The molecular formula is C16H21N4O3+. The van der Waals surface area contributed by atoms with Gasteiger partial charge in [0.05, 0.1) is 13.4 Å². The molecule has 0 aliphatic rings. The number of benzene rings is 1. The van der Waals surface area contributed by atoms with Gasteiger partial charge >= 0.3 is 5.97 Å². The average molecular weight is 317 g/mol. The Labute approximate surface area is 134 Å². The minimum atomic E-state index is -0.770. The van der Waals surface area contributed by atoms with E-state index >= 15 is 0 Å². The number of carbonyl (C=O) groups excluding carboxylic acids is 2. The summed E-state index contributed by atoms with van der Waals surface area (Å²) >= 11 is 0. The van der Waals surface area contributed by atoms with Crippen molar-refractivity contribution in [3.63, 3.8) is 0 Å². The van der Waals surface area contributed by atoms with E-state index in [4.69, 9.17) is 4.74 Å². The zero-order valence-corrected chi connectivity index (χ0v) is 13.0.